The summed E-state index contributed by atoms with van der Waals surface area (Å²) in [6, 6.07) is 7.66. The third kappa shape index (κ3) is 5.17. The van der Waals surface area contributed by atoms with Gasteiger partial charge in [0.1, 0.15) is 0 Å². The van der Waals surface area contributed by atoms with Crippen LogP contribution in [0.3, 0.4) is 0 Å². The molecule has 4 rings (SSSR count). The van der Waals surface area contributed by atoms with Gasteiger partial charge in [-0.2, -0.15) is 0 Å². The fourth-order valence-corrected chi connectivity index (χ4v) is 16.2. The molecule has 0 amide bonds. The molecule has 8 atom stereocenters. The van der Waals surface area contributed by atoms with Crippen LogP contribution in [0.25, 0.3) is 0 Å². The molecule has 2 nitrogen and oxygen atoms in total. The molecule has 4 aliphatic carbocycles. The second-order valence-electron chi connectivity index (χ2n) is 14.3. The second kappa shape index (κ2) is 11.5. The van der Waals surface area contributed by atoms with Gasteiger partial charge in [0.2, 0.25) is 0 Å². The van der Waals surface area contributed by atoms with Crippen LogP contribution in [0.1, 0.15) is 114 Å². The lowest BCUT2D eigenvalue weighted by molar-refractivity contribution is -0.0648. The normalized spacial score (nSPS) is 38.9. The predicted molar refractivity (Wildman–Crippen MR) is 165 cm³/mol. The molecule has 4 aliphatic rings. The van der Waals surface area contributed by atoms with Crippen LogP contribution in [0.15, 0.2) is 11.6 Å². The Morgan fingerprint density at radius 3 is 2.03 bits per heavy atom. The zero-order chi connectivity index (χ0) is 27.1. The molecule has 0 aromatic heterocycles. The van der Waals surface area contributed by atoms with Crippen molar-refractivity contribution in [2.45, 2.75) is 162 Å². The number of fused-ring (bicyclic) bond motifs is 5. The molecule has 0 aromatic rings. The highest BCUT2D eigenvalue weighted by Crippen LogP contribution is 2.67. The van der Waals surface area contributed by atoms with Crippen molar-refractivity contribution in [1.82, 2.24) is 0 Å². The minimum atomic E-state index is -1.56. The van der Waals surface area contributed by atoms with Crippen LogP contribution >= 0.6 is 0 Å². The Balaban J connectivity index is 1.49. The van der Waals surface area contributed by atoms with Gasteiger partial charge < -0.3 is 8.85 Å². The first kappa shape index (κ1) is 30.1. The van der Waals surface area contributed by atoms with Crippen LogP contribution in [0.4, 0.5) is 0 Å². The Morgan fingerprint density at radius 1 is 0.811 bits per heavy atom. The van der Waals surface area contributed by atoms with E-state index in [9.17, 15) is 0 Å². The van der Waals surface area contributed by atoms with E-state index in [2.05, 4.69) is 68.4 Å². The number of allylic oxidation sites excluding steroid dienone is 1. The van der Waals surface area contributed by atoms with Crippen LogP contribution in [-0.2, 0) is 8.85 Å². The average molecular weight is 547 g/mol. The van der Waals surface area contributed by atoms with E-state index in [4.69, 9.17) is 8.85 Å². The highest BCUT2D eigenvalue weighted by atomic mass is 28.4. The first-order valence-electron chi connectivity index (χ1n) is 16.6. The first-order valence-corrected chi connectivity index (χ1v) is 21.7. The van der Waals surface area contributed by atoms with E-state index in [0.29, 0.717) is 23.0 Å². The Bertz CT molecular complexity index is 786. The maximum Gasteiger partial charge on any atom is 0.192 e. The highest BCUT2D eigenvalue weighted by Gasteiger charge is 2.60. The van der Waals surface area contributed by atoms with Gasteiger partial charge in [-0.15, -0.1) is 0 Å². The van der Waals surface area contributed by atoms with Crippen molar-refractivity contribution in [3.63, 3.8) is 0 Å². The Labute approximate surface area is 233 Å². The zero-order valence-electron chi connectivity index (χ0n) is 26.3. The fourth-order valence-electron chi connectivity index (χ4n) is 10.4. The summed E-state index contributed by atoms with van der Waals surface area (Å²) in [5, 5.41) is 0. The molecule has 0 aliphatic heterocycles. The largest absolute Gasteiger partial charge is 0.414 e. The quantitative estimate of drug-likeness (QED) is 0.189. The van der Waals surface area contributed by atoms with Crippen LogP contribution < -0.4 is 0 Å². The van der Waals surface area contributed by atoms with Crippen molar-refractivity contribution in [1.29, 1.82) is 0 Å². The number of hydrogen-bond donors (Lipinski definition) is 0. The molecule has 3 saturated carbocycles. The smallest absolute Gasteiger partial charge is 0.192 e. The van der Waals surface area contributed by atoms with Crippen molar-refractivity contribution in [2.24, 2.45) is 34.5 Å². The fraction of sp³-hybridized carbons (Fsp3) is 0.939. The summed E-state index contributed by atoms with van der Waals surface area (Å²) in [4.78, 5) is 0. The molecule has 214 valence electrons. The molecular weight excluding hydrogens is 485 g/mol. The van der Waals surface area contributed by atoms with E-state index >= 15 is 0 Å². The minimum absolute atomic E-state index is 0.424. The Hall–Kier alpha value is 0.0938. The van der Waals surface area contributed by atoms with Crippen molar-refractivity contribution in [2.75, 3.05) is 0 Å². The summed E-state index contributed by atoms with van der Waals surface area (Å²) in [6.07, 6.45) is 14.6. The van der Waals surface area contributed by atoms with Crippen LogP contribution in [0.5, 0.6) is 0 Å². The van der Waals surface area contributed by atoms with Gasteiger partial charge in [-0.25, -0.2) is 0 Å². The van der Waals surface area contributed by atoms with Gasteiger partial charge in [0, 0.05) is 12.2 Å². The molecule has 0 N–H and O–H groups in total. The number of hydrogen-bond acceptors (Lipinski definition) is 2. The standard InChI is InChI=1S/C33H62O2Si2/c1-10-36(11-2,12-3)34-25(7)29-18-19-30-28-17-16-26-24-27(35-37(13-4,14-5)15-6)20-22-32(26,8)31(28)21-23-33(29,30)9/h16,25,27-31H,10-15,17-24H2,1-9H3/t25-,27-,28-,29+,30-,31-,32-,33+/m0/s1. The molecule has 37 heavy (non-hydrogen) atoms. The lowest BCUT2D eigenvalue weighted by Crippen LogP contribution is -2.52. The lowest BCUT2D eigenvalue weighted by atomic mass is 9.47. The van der Waals surface area contributed by atoms with Gasteiger partial charge in [0.15, 0.2) is 16.6 Å². The van der Waals surface area contributed by atoms with Crippen LogP contribution in [-0.4, -0.2) is 28.8 Å². The second-order valence-corrected chi connectivity index (χ2v) is 23.7. The zero-order valence-corrected chi connectivity index (χ0v) is 28.3. The molecule has 0 heterocycles. The summed E-state index contributed by atoms with van der Waals surface area (Å²) in [7, 11) is -3.09. The van der Waals surface area contributed by atoms with Crippen molar-refractivity contribution < 1.29 is 8.85 Å². The summed E-state index contributed by atoms with van der Waals surface area (Å²) in [6.45, 7) is 22.1. The van der Waals surface area contributed by atoms with Crippen LogP contribution in [0, 0.1) is 34.5 Å². The molecule has 4 heteroatoms. The Morgan fingerprint density at radius 2 is 1.43 bits per heavy atom. The number of rotatable bonds is 11. The molecule has 0 spiro atoms. The molecule has 0 radical (unpaired) electrons. The summed E-state index contributed by atoms with van der Waals surface area (Å²) >= 11 is 0. The lowest BCUT2D eigenvalue weighted by Gasteiger charge is -2.59. The third-order valence-corrected chi connectivity index (χ3v) is 22.9. The van der Waals surface area contributed by atoms with E-state index < -0.39 is 16.6 Å². The minimum Gasteiger partial charge on any atom is -0.414 e. The van der Waals surface area contributed by atoms with Crippen LogP contribution in [0.2, 0.25) is 36.3 Å². The molecule has 0 aromatic carbocycles. The first-order chi connectivity index (χ1) is 17.6. The van der Waals surface area contributed by atoms with E-state index in [1.807, 2.05) is 0 Å². The SMILES string of the molecule is CC[Si](CC)(CC)O[C@H]1CC[C@@]2(C)C(=CC[C@H]3[C@@H]4CC[C@H]([C@H](C)O[Si](CC)(CC)CC)[C@@]4(C)CC[C@@H]32)C1. The van der Waals surface area contributed by atoms with Crippen molar-refractivity contribution in [3.05, 3.63) is 11.6 Å². The maximum atomic E-state index is 7.12. The maximum absolute atomic E-state index is 7.12. The monoisotopic (exact) mass is 546 g/mol. The van der Waals surface area contributed by atoms with E-state index in [1.165, 1.54) is 87.6 Å². The van der Waals surface area contributed by atoms with Gasteiger partial charge in [-0.1, -0.05) is 67.0 Å². The van der Waals surface area contributed by atoms with Gasteiger partial charge in [-0.05, 0) is 129 Å². The van der Waals surface area contributed by atoms with Gasteiger partial charge >= 0.3 is 0 Å². The van der Waals surface area contributed by atoms with E-state index in [1.54, 1.807) is 5.57 Å². The van der Waals surface area contributed by atoms with Gasteiger partial charge in [0.05, 0.1) is 0 Å². The van der Waals surface area contributed by atoms with Gasteiger partial charge in [0.25, 0.3) is 0 Å². The molecule has 0 unspecified atom stereocenters. The van der Waals surface area contributed by atoms with Gasteiger partial charge in [-0.3, -0.25) is 0 Å². The molecule has 0 bridgehead atoms. The summed E-state index contributed by atoms with van der Waals surface area (Å²) in [5.41, 5.74) is 2.69. The van der Waals surface area contributed by atoms with Crippen molar-refractivity contribution >= 4 is 16.6 Å². The Kier molecular flexibility index (Phi) is 9.37. The molecular formula is C33H62O2Si2. The van der Waals surface area contributed by atoms with Crippen molar-refractivity contribution in [3.8, 4) is 0 Å². The average Bonchev–Trinajstić information content (AvgIpc) is 3.28. The third-order valence-electron chi connectivity index (χ3n) is 13.4. The molecule has 3 fully saturated rings. The predicted octanol–water partition coefficient (Wildman–Crippen LogP) is 10.4. The topological polar surface area (TPSA) is 18.5 Å². The van der Waals surface area contributed by atoms with E-state index in [-0.39, 0.29) is 0 Å². The summed E-state index contributed by atoms with van der Waals surface area (Å²) in [5.74, 6) is 3.44. The highest BCUT2D eigenvalue weighted by molar-refractivity contribution is 6.74. The molecule has 0 saturated heterocycles. The summed E-state index contributed by atoms with van der Waals surface area (Å²) < 4.78 is 14.2. The van der Waals surface area contributed by atoms with E-state index in [0.717, 1.165) is 23.7 Å².